The number of hydrogen-bond acceptors (Lipinski definition) is 5. The lowest BCUT2D eigenvalue weighted by Crippen LogP contribution is -2.50. The van der Waals surface area contributed by atoms with E-state index in [0.29, 0.717) is 12.8 Å². The summed E-state index contributed by atoms with van der Waals surface area (Å²) in [6, 6.07) is -1.70. The summed E-state index contributed by atoms with van der Waals surface area (Å²) in [5, 5.41) is 0. The van der Waals surface area contributed by atoms with E-state index in [9.17, 15) is 27.6 Å². The Kier molecular flexibility index (Phi) is 8.77. The van der Waals surface area contributed by atoms with Gasteiger partial charge in [0.15, 0.2) is 0 Å². The molecule has 0 rings (SSSR count). The normalized spacial score (nSPS) is 15.2. The smallest absolute Gasteiger partial charge is 0.463 e. The van der Waals surface area contributed by atoms with Crippen LogP contribution in [0.15, 0.2) is 0 Å². The quantitative estimate of drug-likeness (QED) is 0.626. The molecule has 0 aromatic heterocycles. The van der Waals surface area contributed by atoms with E-state index in [1.54, 1.807) is 27.7 Å². The Labute approximate surface area is 139 Å². The third-order valence-electron chi connectivity index (χ3n) is 3.46. The van der Waals surface area contributed by atoms with Gasteiger partial charge in [0.05, 0.1) is 18.6 Å². The fourth-order valence-corrected chi connectivity index (χ4v) is 1.59. The number of carbonyl (C=O) groups is 3. The van der Waals surface area contributed by atoms with Gasteiger partial charge in [-0.15, -0.1) is 0 Å². The molecule has 3 unspecified atom stereocenters. The molecule has 0 aromatic rings. The number of amides is 1. The minimum Gasteiger partial charge on any atom is -0.463 e. The van der Waals surface area contributed by atoms with E-state index in [2.05, 4.69) is 0 Å². The first-order valence-corrected chi connectivity index (χ1v) is 7.67. The summed E-state index contributed by atoms with van der Waals surface area (Å²) in [6.45, 7) is 6.63. The predicted octanol–water partition coefficient (Wildman–Crippen LogP) is 2.45. The third-order valence-corrected chi connectivity index (χ3v) is 3.46. The summed E-state index contributed by atoms with van der Waals surface area (Å²) in [5.41, 5.74) is 0. The lowest BCUT2D eigenvalue weighted by Gasteiger charge is -2.28. The van der Waals surface area contributed by atoms with Crippen LogP contribution in [-0.2, 0) is 23.9 Å². The lowest BCUT2D eigenvalue weighted by molar-refractivity contribution is -0.190. The Hall–Kier alpha value is -1.80. The molecule has 0 aliphatic heterocycles. The molecule has 0 radical (unpaired) electrons. The number of rotatable bonds is 8. The molecule has 6 nitrogen and oxygen atoms in total. The summed E-state index contributed by atoms with van der Waals surface area (Å²) in [4.78, 5) is 35.4. The predicted molar refractivity (Wildman–Crippen MR) is 78.9 cm³/mol. The highest BCUT2D eigenvalue weighted by Crippen LogP contribution is 2.21. The highest BCUT2D eigenvalue weighted by atomic mass is 19.4. The SMILES string of the molecule is CCC(C)OC(=O)CC(C(=O)OC(C)CC)N(C)C(=O)C(F)(F)F. The Morgan fingerprint density at radius 2 is 1.46 bits per heavy atom. The molecule has 0 N–H and O–H groups in total. The third kappa shape index (κ3) is 7.18. The van der Waals surface area contributed by atoms with Crippen LogP contribution < -0.4 is 0 Å². The summed E-state index contributed by atoms with van der Waals surface area (Å²) in [5.74, 6) is -4.19. The van der Waals surface area contributed by atoms with E-state index >= 15 is 0 Å². The van der Waals surface area contributed by atoms with Gasteiger partial charge in [0.1, 0.15) is 6.04 Å². The number of hydrogen-bond donors (Lipinski definition) is 0. The fourth-order valence-electron chi connectivity index (χ4n) is 1.59. The Morgan fingerprint density at radius 1 is 1.00 bits per heavy atom. The number of ether oxygens (including phenoxy) is 2. The summed E-state index contributed by atoms with van der Waals surface area (Å²) >= 11 is 0. The molecule has 0 aliphatic carbocycles. The highest BCUT2D eigenvalue weighted by molar-refractivity contribution is 5.90. The number of carbonyl (C=O) groups excluding carboxylic acids is 3. The zero-order chi connectivity index (χ0) is 19.1. The molecule has 0 saturated heterocycles. The molecule has 0 heterocycles. The van der Waals surface area contributed by atoms with Crippen LogP contribution in [0.4, 0.5) is 13.2 Å². The fraction of sp³-hybridized carbons (Fsp3) is 0.800. The van der Waals surface area contributed by atoms with Crippen molar-refractivity contribution in [1.29, 1.82) is 0 Å². The van der Waals surface area contributed by atoms with Crippen molar-refractivity contribution >= 4 is 17.8 Å². The zero-order valence-electron chi connectivity index (χ0n) is 14.5. The van der Waals surface area contributed by atoms with Crippen molar-refractivity contribution in [2.24, 2.45) is 0 Å². The van der Waals surface area contributed by atoms with Gasteiger partial charge in [-0.3, -0.25) is 9.59 Å². The van der Waals surface area contributed by atoms with E-state index in [4.69, 9.17) is 9.47 Å². The topological polar surface area (TPSA) is 72.9 Å². The molecular formula is C15H24F3NO5. The Bertz CT molecular complexity index is 453. The second kappa shape index (κ2) is 9.48. The van der Waals surface area contributed by atoms with Gasteiger partial charge in [-0.1, -0.05) is 13.8 Å². The van der Waals surface area contributed by atoms with Crippen molar-refractivity contribution in [2.75, 3.05) is 7.05 Å². The Balaban J connectivity index is 5.25. The lowest BCUT2D eigenvalue weighted by atomic mass is 10.1. The van der Waals surface area contributed by atoms with Crippen molar-refractivity contribution in [3.8, 4) is 0 Å². The van der Waals surface area contributed by atoms with Crippen molar-refractivity contribution in [1.82, 2.24) is 4.90 Å². The second-order valence-electron chi connectivity index (χ2n) is 5.50. The molecule has 9 heteroatoms. The first-order valence-electron chi connectivity index (χ1n) is 7.67. The molecule has 0 spiro atoms. The minimum absolute atomic E-state index is 0.169. The van der Waals surface area contributed by atoms with Crippen LogP contribution in [0.3, 0.4) is 0 Å². The Morgan fingerprint density at radius 3 is 1.88 bits per heavy atom. The van der Waals surface area contributed by atoms with Gasteiger partial charge in [-0.05, 0) is 26.7 Å². The van der Waals surface area contributed by atoms with Crippen LogP contribution >= 0.6 is 0 Å². The molecule has 0 fully saturated rings. The van der Waals surface area contributed by atoms with Crippen LogP contribution in [0.5, 0.6) is 0 Å². The standard InChI is InChI=1S/C15H24F3NO5/c1-6-9(3)23-12(20)8-11(13(21)24-10(4)7-2)19(5)14(22)15(16,17)18/h9-11H,6-8H2,1-5H3. The van der Waals surface area contributed by atoms with Crippen molar-refractivity contribution < 1.29 is 37.0 Å². The van der Waals surface area contributed by atoms with E-state index in [1.165, 1.54) is 0 Å². The van der Waals surface area contributed by atoms with Crippen molar-refractivity contribution in [2.45, 2.75) is 71.4 Å². The van der Waals surface area contributed by atoms with E-state index in [0.717, 1.165) is 7.05 Å². The van der Waals surface area contributed by atoms with Gasteiger partial charge < -0.3 is 14.4 Å². The van der Waals surface area contributed by atoms with Crippen LogP contribution in [0.25, 0.3) is 0 Å². The first kappa shape index (κ1) is 22.2. The number of likely N-dealkylation sites (N-methyl/N-ethyl adjacent to an activating group) is 1. The average molecular weight is 355 g/mol. The van der Waals surface area contributed by atoms with Crippen molar-refractivity contribution in [3.63, 3.8) is 0 Å². The summed E-state index contributed by atoms with van der Waals surface area (Å²) in [6.07, 6.45) is -5.94. The van der Waals surface area contributed by atoms with Gasteiger partial charge >= 0.3 is 24.0 Å². The first-order chi connectivity index (χ1) is 10.9. The van der Waals surface area contributed by atoms with Crippen molar-refractivity contribution in [3.05, 3.63) is 0 Å². The second-order valence-corrected chi connectivity index (χ2v) is 5.50. The molecule has 1 amide bonds. The molecule has 0 saturated carbocycles. The number of esters is 2. The largest absolute Gasteiger partial charge is 0.471 e. The number of nitrogens with zero attached hydrogens (tertiary/aromatic N) is 1. The molecule has 0 aromatic carbocycles. The van der Waals surface area contributed by atoms with Gasteiger partial charge in [0, 0.05) is 7.05 Å². The van der Waals surface area contributed by atoms with Gasteiger partial charge in [-0.25, -0.2) is 4.79 Å². The maximum absolute atomic E-state index is 12.6. The van der Waals surface area contributed by atoms with E-state index in [-0.39, 0.29) is 4.90 Å². The average Bonchev–Trinajstić information content (AvgIpc) is 2.49. The van der Waals surface area contributed by atoms with Crippen LogP contribution in [0.1, 0.15) is 47.0 Å². The minimum atomic E-state index is -5.16. The summed E-state index contributed by atoms with van der Waals surface area (Å²) < 4.78 is 47.7. The van der Waals surface area contributed by atoms with Crippen LogP contribution in [-0.4, -0.2) is 54.2 Å². The molecule has 0 bridgehead atoms. The van der Waals surface area contributed by atoms with Gasteiger partial charge in [0.25, 0.3) is 0 Å². The van der Waals surface area contributed by atoms with Crippen LogP contribution in [0, 0.1) is 0 Å². The van der Waals surface area contributed by atoms with Gasteiger partial charge in [0.2, 0.25) is 0 Å². The highest BCUT2D eigenvalue weighted by Gasteiger charge is 2.45. The monoisotopic (exact) mass is 355 g/mol. The molecule has 24 heavy (non-hydrogen) atoms. The maximum Gasteiger partial charge on any atom is 0.471 e. The molecule has 140 valence electrons. The van der Waals surface area contributed by atoms with E-state index < -0.39 is 48.7 Å². The number of halogens is 3. The molecule has 0 aliphatic rings. The van der Waals surface area contributed by atoms with Gasteiger partial charge in [-0.2, -0.15) is 13.2 Å². The number of alkyl halides is 3. The molecular weight excluding hydrogens is 331 g/mol. The van der Waals surface area contributed by atoms with Crippen LogP contribution in [0.2, 0.25) is 0 Å². The maximum atomic E-state index is 12.6. The van der Waals surface area contributed by atoms with E-state index in [1.807, 2.05) is 0 Å². The molecule has 3 atom stereocenters. The zero-order valence-corrected chi connectivity index (χ0v) is 14.5. The summed E-state index contributed by atoms with van der Waals surface area (Å²) in [7, 11) is 0.800.